The van der Waals surface area contributed by atoms with Gasteiger partial charge in [0, 0.05) is 19.1 Å². The maximum absolute atomic E-state index is 11.6. The third kappa shape index (κ3) is 4.06. The molecule has 0 radical (unpaired) electrons. The number of sulfonamides is 1. The van der Waals surface area contributed by atoms with Crippen LogP contribution in [-0.2, 0) is 10.0 Å². The van der Waals surface area contributed by atoms with Crippen molar-refractivity contribution in [3.05, 3.63) is 35.0 Å². The zero-order valence-corrected chi connectivity index (χ0v) is 15.8. The summed E-state index contributed by atoms with van der Waals surface area (Å²) < 4.78 is 30.9. The molecule has 2 heterocycles. The van der Waals surface area contributed by atoms with E-state index in [9.17, 15) is 8.42 Å². The predicted octanol–water partition coefficient (Wildman–Crippen LogP) is 2.71. The fourth-order valence-corrected chi connectivity index (χ4v) is 4.15. The molecule has 0 bridgehead atoms. The highest BCUT2D eigenvalue weighted by Gasteiger charge is 2.27. The van der Waals surface area contributed by atoms with E-state index in [1.165, 1.54) is 10.6 Å². The molecular formula is C17H22ClN3O3S. The van der Waals surface area contributed by atoms with Gasteiger partial charge in [-0.1, -0.05) is 23.7 Å². The highest BCUT2D eigenvalue weighted by atomic mass is 35.5. The molecule has 1 aromatic carbocycles. The summed E-state index contributed by atoms with van der Waals surface area (Å²) in [5, 5.41) is 2.27. The molecule has 8 heteroatoms. The largest absolute Gasteiger partial charge is 0.474 e. The monoisotopic (exact) mass is 383 g/mol. The van der Waals surface area contributed by atoms with Gasteiger partial charge in [-0.15, -0.1) is 0 Å². The molecule has 1 fully saturated rings. The summed E-state index contributed by atoms with van der Waals surface area (Å²) in [5.41, 5.74) is 6.72. The van der Waals surface area contributed by atoms with Crippen LogP contribution in [0.25, 0.3) is 10.8 Å². The second-order valence-corrected chi connectivity index (χ2v) is 8.85. The molecule has 2 N–H and O–H groups in total. The van der Waals surface area contributed by atoms with Gasteiger partial charge in [0.25, 0.3) is 0 Å². The number of hydrogen-bond donors (Lipinski definition) is 1. The summed E-state index contributed by atoms with van der Waals surface area (Å²) >= 11 is 6.36. The number of benzene rings is 1. The van der Waals surface area contributed by atoms with Crippen molar-refractivity contribution in [1.82, 2.24) is 9.29 Å². The number of piperidine rings is 1. The number of pyridine rings is 1. The normalized spacial score (nSPS) is 18.4. The van der Waals surface area contributed by atoms with Crippen molar-refractivity contribution in [3.63, 3.8) is 0 Å². The second kappa shape index (κ2) is 7.07. The molecule has 3 rings (SSSR count). The van der Waals surface area contributed by atoms with Gasteiger partial charge in [0.15, 0.2) is 0 Å². The standard InChI is InChI=1S/C17H22ClN3O3S/c1-11(19)15-10-12-4-3-5-14(18)16(12)17(20-15)24-13-6-8-21(9-7-13)25(2,22)23/h3-5,10-11,13H,6-9,19H2,1-2H3. The van der Waals surface area contributed by atoms with Crippen LogP contribution in [-0.4, -0.2) is 43.2 Å². The molecule has 1 aliphatic rings. The average Bonchev–Trinajstić information content (AvgIpc) is 2.54. The predicted molar refractivity (Wildman–Crippen MR) is 99.4 cm³/mol. The number of hydrogen-bond acceptors (Lipinski definition) is 5. The van der Waals surface area contributed by atoms with Gasteiger partial charge in [0.1, 0.15) is 6.10 Å². The molecule has 1 aromatic heterocycles. The molecule has 6 nitrogen and oxygen atoms in total. The molecule has 136 valence electrons. The lowest BCUT2D eigenvalue weighted by atomic mass is 10.1. The van der Waals surface area contributed by atoms with E-state index in [4.69, 9.17) is 22.1 Å². The molecule has 0 spiro atoms. The topological polar surface area (TPSA) is 85.5 Å². The van der Waals surface area contributed by atoms with Crippen LogP contribution in [0.4, 0.5) is 0 Å². The van der Waals surface area contributed by atoms with Crippen LogP contribution < -0.4 is 10.5 Å². The third-order valence-electron chi connectivity index (χ3n) is 4.41. The van der Waals surface area contributed by atoms with Crippen LogP contribution in [0, 0.1) is 0 Å². The van der Waals surface area contributed by atoms with Gasteiger partial charge in [-0.2, -0.15) is 0 Å². The molecule has 0 amide bonds. The van der Waals surface area contributed by atoms with Crippen molar-refractivity contribution < 1.29 is 13.2 Å². The quantitative estimate of drug-likeness (QED) is 0.877. The number of nitrogens with zero attached hydrogens (tertiary/aromatic N) is 2. The summed E-state index contributed by atoms with van der Waals surface area (Å²) in [6, 6.07) is 7.33. The molecule has 0 aliphatic carbocycles. The molecule has 25 heavy (non-hydrogen) atoms. The summed E-state index contributed by atoms with van der Waals surface area (Å²) in [6.07, 6.45) is 2.36. The number of ether oxygens (including phenoxy) is 1. The minimum absolute atomic E-state index is 0.103. The number of aromatic nitrogens is 1. The number of halogens is 1. The van der Waals surface area contributed by atoms with Gasteiger partial charge in [-0.3, -0.25) is 0 Å². The Morgan fingerprint density at radius 1 is 1.36 bits per heavy atom. The van der Waals surface area contributed by atoms with Crippen molar-refractivity contribution in [2.45, 2.75) is 31.9 Å². The van der Waals surface area contributed by atoms with E-state index in [0.717, 1.165) is 16.5 Å². The highest BCUT2D eigenvalue weighted by molar-refractivity contribution is 7.88. The fourth-order valence-electron chi connectivity index (χ4n) is 3.01. The maximum Gasteiger partial charge on any atom is 0.223 e. The summed E-state index contributed by atoms with van der Waals surface area (Å²) in [4.78, 5) is 4.56. The van der Waals surface area contributed by atoms with Crippen LogP contribution in [0.5, 0.6) is 5.88 Å². The van der Waals surface area contributed by atoms with Gasteiger partial charge in [-0.05, 0) is 37.3 Å². The van der Waals surface area contributed by atoms with Crippen LogP contribution in [0.2, 0.25) is 5.02 Å². The van der Waals surface area contributed by atoms with E-state index >= 15 is 0 Å². The first-order valence-corrected chi connectivity index (χ1v) is 10.4. The lowest BCUT2D eigenvalue weighted by Gasteiger charge is -2.30. The van der Waals surface area contributed by atoms with Crippen molar-refractivity contribution in [2.75, 3.05) is 19.3 Å². The summed E-state index contributed by atoms with van der Waals surface area (Å²) in [7, 11) is -3.16. The average molecular weight is 384 g/mol. The van der Waals surface area contributed by atoms with Gasteiger partial charge in [0.2, 0.25) is 15.9 Å². The van der Waals surface area contributed by atoms with Crippen LogP contribution >= 0.6 is 11.6 Å². The molecule has 2 aromatic rings. The second-order valence-electron chi connectivity index (χ2n) is 6.46. The molecule has 1 unspecified atom stereocenters. The Balaban J connectivity index is 1.88. The Morgan fingerprint density at radius 2 is 2.04 bits per heavy atom. The number of nitrogens with two attached hydrogens (primary N) is 1. The lowest BCUT2D eigenvalue weighted by molar-refractivity contribution is 0.131. The number of fused-ring (bicyclic) bond motifs is 1. The zero-order chi connectivity index (χ0) is 18.2. The minimum Gasteiger partial charge on any atom is -0.474 e. The highest BCUT2D eigenvalue weighted by Crippen LogP contribution is 2.34. The molecule has 1 saturated heterocycles. The van der Waals surface area contributed by atoms with Crippen LogP contribution in [0.3, 0.4) is 0 Å². The van der Waals surface area contributed by atoms with E-state index in [0.29, 0.717) is 36.8 Å². The van der Waals surface area contributed by atoms with E-state index in [2.05, 4.69) is 4.98 Å². The Hall–Kier alpha value is -1.41. The molecule has 0 saturated carbocycles. The lowest BCUT2D eigenvalue weighted by Crippen LogP contribution is -2.41. The zero-order valence-electron chi connectivity index (χ0n) is 14.3. The van der Waals surface area contributed by atoms with E-state index in [-0.39, 0.29) is 12.1 Å². The SMILES string of the molecule is CC(N)c1cc2cccc(Cl)c2c(OC2CCN(S(C)(=O)=O)CC2)n1. The summed E-state index contributed by atoms with van der Waals surface area (Å²) in [5.74, 6) is 0.466. The summed E-state index contributed by atoms with van der Waals surface area (Å²) in [6.45, 7) is 2.76. The van der Waals surface area contributed by atoms with Crippen LogP contribution in [0.15, 0.2) is 24.3 Å². The Labute approximate surface area is 153 Å². The first-order valence-electron chi connectivity index (χ1n) is 8.22. The van der Waals surface area contributed by atoms with Gasteiger partial charge < -0.3 is 10.5 Å². The van der Waals surface area contributed by atoms with Gasteiger partial charge in [-0.25, -0.2) is 17.7 Å². The Morgan fingerprint density at radius 3 is 2.64 bits per heavy atom. The minimum atomic E-state index is -3.16. The first kappa shape index (κ1) is 18.4. The first-order chi connectivity index (χ1) is 11.8. The van der Waals surface area contributed by atoms with Crippen molar-refractivity contribution in [3.8, 4) is 5.88 Å². The third-order valence-corrected chi connectivity index (χ3v) is 6.03. The van der Waals surface area contributed by atoms with Crippen molar-refractivity contribution in [2.24, 2.45) is 5.73 Å². The maximum atomic E-state index is 11.6. The van der Waals surface area contributed by atoms with Crippen molar-refractivity contribution in [1.29, 1.82) is 0 Å². The van der Waals surface area contributed by atoms with E-state index in [1.54, 1.807) is 6.07 Å². The Bertz CT molecular complexity index is 878. The van der Waals surface area contributed by atoms with Crippen molar-refractivity contribution >= 4 is 32.4 Å². The molecular weight excluding hydrogens is 362 g/mol. The van der Waals surface area contributed by atoms with Gasteiger partial charge >= 0.3 is 0 Å². The van der Waals surface area contributed by atoms with E-state index < -0.39 is 10.0 Å². The van der Waals surface area contributed by atoms with Crippen LogP contribution in [0.1, 0.15) is 31.5 Å². The number of rotatable bonds is 4. The fraction of sp³-hybridized carbons (Fsp3) is 0.471. The smallest absolute Gasteiger partial charge is 0.223 e. The molecule has 1 aliphatic heterocycles. The Kier molecular flexibility index (Phi) is 5.20. The molecule has 1 atom stereocenters. The van der Waals surface area contributed by atoms with E-state index in [1.807, 2.05) is 25.1 Å². The van der Waals surface area contributed by atoms with Gasteiger partial charge in [0.05, 0.1) is 22.4 Å².